The molecule has 0 spiro atoms. The molecule has 0 saturated heterocycles. The van der Waals surface area contributed by atoms with Crippen molar-refractivity contribution >= 4 is 21.5 Å². The molecule has 0 nitrogen and oxygen atoms in total. The highest BCUT2D eigenvalue weighted by atomic mass is 19.4. The summed E-state index contributed by atoms with van der Waals surface area (Å²) in [5.74, 6) is -19.6. The van der Waals surface area contributed by atoms with Crippen molar-refractivity contribution in [2.45, 2.75) is 6.18 Å². The lowest BCUT2D eigenvalue weighted by Crippen LogP contribution is -2.16. The minimum absolute atomic E-state index is 0.0913. The topological polar surface area (TPSA) is 0 Å². The van der Waals surface area contributed by atoms with E-state index in [1.165, 1.54) is 6.07 Å². The van der Waals surface area contributed by atoms with Crippen molar-refractivity contribution in [1.82, 2.24) is 0 Å². The predicted octanol–water partition coefficient (Wildman–Crippen LogP) is 9.60. The number of hydrogen-bond acceptors (Lipinski definition) is 0. The molecule has 0 aliphatic heterocycles. The molecular formula is C27H8F12. The second-order valence-electron chi connectivity index (χ2n) is 8.30. The van der Waals surface area contributed by atoms with Crippen molar-refractivity contribution in [2.24, 2.45) is 0 Å². The summed E-state index contributed by atoms with van der Waals surface area (Å²) in [6.07, 6.45) is -5.86. The number of rotatable bonds is 2. The van der Waals surface area contributed by atoms with Gasteiger partial charge in [0, 0.05) is 22.6 Å². The maximum atomic E-state index is 15.3. The fourth-order valence-corrected chi connectivity index (χ4v) is 4.61. The first-order valence-corrected chi connectivity index (χ1v) is 10.7. The van der Waals surface area contributed by atoms with Crippen LogP contribution in [0.2, 0.25) is 0 Å². The number of fused-ring (bicyclic) bond motifs is 2. The van der Waals surface area contributed by atoms with Crippen molar-refractivity contribution in [3.05, 3.63) is 106 Å². The molecule has 0 heterocycles. The molecule has 0 aliphatic rings. The quantitative estimate of drug-likeness (QED) is 0.115. The molecule has 0 bridgehead atoms. The highest BCUT2D eigenvalue weighted by Crippen LogP contribution is 2.49. The first kappa shape index (κ1) is 26.4. The summed E-state index contributed by atoms with van der Waals surface area (Å²) in [6, 6.07) is 6.80. The van der Waals surface area contributed by atoms with Crippen LogP contribution < -0.4 is 0 Å². The lowest BCUT2D eigenvalue weighted by molar-refractivity contribution is -0.143. The zero-order valence-electron chi connectivity index (χ0n) is 18.7. The molecule has 0 aliphatic carbocycles. The molecule has 0 saturated carbocycles. The Kier molecular flexibility index (Phi) is 6.04. The number of hydrogen-bond donors (Lipinski definition) is 0. The third kappa shape index (κ3) is 3.80. The molecule has 0 atom stereocenters. The smallest absolute Gasteiger partial charge is 0.206 e. The van der Waals surface area contributed by atoms with Gasteiger partial charge in [0.1, 0.15) is 11.4 Å². The molecule has 0 amide bonds. The van der Waals surface area contributed by atoms with E-state index in [0.717, 1.165) is 30.3 Å². The minimum Gasteiger partial charge on any atom is -0.206 e. The largest absolute Gasteiger partial charge is 0.422 e. The lowest BCUT2D eigenvalue weighted by atomic mass is 9.84. The Bertz CT molecular complexity index is 1780. The number of alkyl halides is 3. The van der Waals surface area contributed by atoms with Gasteiger partial charge in [-0.3, -0.25) is 0 Å². The van der Waals surface area contributed by atoms with E-state index in [4.69, 9.17) is 0 Å². The standard InChI is InChI=1S/C27H8F12/c28-12-7-3-6-11-15(18-21(31)13(29)8-14(30)22(18)32)9-4-1-2-5-10(9)17(16(11)12)19-23(33)25(35)20(27(37,38)39)26(36)24(19)34/h1-8H. The van der Waals surface area contributed by atoms with Gasteiger partial charge in [0.05, 0.1) is 11.1 Å². The molecule has 5 aromatic carbocycles. The summed E-state index contributed by atoms with van der Waals surface area (Å²) < 4.78 is 172. The van der Waals surface area contributed by atoms with Gasteiger partial charge in [-0.05, 0) is 22.2 Å². The fourth-order valence-electron chi connectivity index (χ4n) is 4.61. The third-order valence-corrected chi connectivity index (χ3v) is 6.16. The van der Waals surface area contributed by atoms with Gasteiger partial charge < -0.3 is 0 Å². The second kappa shape index (κ2) is 8.92. The van der Waals surface area contributed by atoms with Crippen LogP contribution in [-0.2, 0) is 6.18 Å². The second-order valence-corrected chi connectivity index (χ2v) is 8.30. The van der Waals surface area contributed by atoms with Crippen LogP contribution in [0.3, 0.4) is 0 Å². The Morgan fingerprint density at radius 1 is 0.410 bits per heavy atom. The summed E-state index contributed by atoms with van der Waals surface area (Å²) in [5, 5.41) is -2.59. The maximum absolute atomic E-state index is 15.3. The average molecular weight is 560 g/mol. The Morgan fingerprint density at radius 2 is 0.872 bits per heavy atom. The summed E-state index contributed by atoms with van der Waals surface area (Å²) in [7, 11) is 0. The van der Waals surface area contributed by atoms with Crippen molar-refractivity contribution in [1.29, 1.82) is 0 Å². The average Bonchev–Trinajstić information content (AvgIpc) is 2.87. The van der Waals surface area contributed by atoms with E-state index in [0.29, 0.717) is 6.07 Å². The SMILES string of the molecule is Fc1cc(F)c(F)c(-c2c3ccccc3c(-c3c(F)c(F)c(C(F)(F)F)c(F)c3F)c3c(F)cccc23)c1F. The molecule has 5 aromatic rings. The van der Waals surface area contributed by atoms with Crippen LogP contribution in [-0.4, -0.2) is 0 Å². The zero-order chi connectivity index (χ0) is 28.5. The van der Waals surface area contributed by atoms with Crippen molar-refractivity contribution in [3.63, 3.8) is 0 Å². The maximum Gasteiger partial charge on any atom is 0.422 e. The van der Waals surface area contributed by atoms with E-state index in [1.54, 1.807) is 0 Å². The van der Waals surface area contributed by atoms with Crippen molar-refractivity contribution in [2.75, 3.05) is 0 Å². The zero-order valence-corrected chi connectivity index (χ0v) is 18.7. The van der Waals surface area contributed by atoms with Gasteiger partial charge in [0.15, 0.2) is 46.5 Å². The summed E-state index contributed by atoms with van der Waals surface area (Å²) in [6.45, 7) is 0. The van der Waals surface area contributed by atoms with Crippen LogP contribution in [0.4, 0.5) is 52.7 Å². The molecule has 39 heavy (non-hydrogen) atoms. The van der Waals surface area contributed by atoms with E-state index in [1.807, 2.05) is 0 Å². The summed E-state index contributed by atoms with van der Waals surface area (Å²) >= 11 is 0. The molecule has 0 fully saturated rings. The van der Waals surface area contributed by atoms with Crippen LogP contribution in [0.15, 0.2) is 48.5 Å². The van der Waals surface area contributed by atoms with Gasteiger partial charge in [-0.1, -0.05) is 36.4 Å². The van der Waals surface area contributed by atoms with E-state index < -0.39 is 108 Å². The monoisotopic (exact) mass is 560 g/mol. The van der Waals surface area contributed by atoms with Gasteiger partial charge >= 0.3 is 6.18 Å². The molecular weight excluding hydrogens is 552 g/mol. The number of benzene rings is 5. The minimum atomic E-state index is -5.86. The van der Waals surface area contributed by atoms with E-state index in [-0.39, 0.29) is 6.07 Å². The molecule has 0 unspecified atom stereocenters. The first-order chi connectivity index (χ1) is 18.3. The molecule has 5 rings (SSSR count). The van der Waals surface area contributed by atoms with E-state index in [9.17, 15) is 39.5 Å². The van der Waals surface area contributed by atoms with Crippen molar-refractivity contribution in [3.8, 4) is 22.3 Å². The Balaban J connectivity index is 2.08. The Labute approximate surface area is 209 Å². The Hall–Kier alpha value is -4.22. The van der Waals surface area contributed by atoms with Crippen LogP contribution in [0.25, 0.3) is 43.8 Å². The van der Waals surface area contributed by atoms with Gasteiger partial charge in [-0.2, -0.15) is 13.2 Å². The van der Waals surface area contributed by atoms with Crippen LogP contribution >= 0.6 is 0 Å². The van der Waals surface area contributed by atoms with Crippen LogP contribution in [0.1, 0.15) is 5.56 Å². The molecule has 200 valence electrons. The highest BCUT2D eigenvalue weighted by molar-refractivity contribution is 6.21. The first-order valence-electron chi connectivity index (χ1n) is 10.7. The molecule has 0 aromatic heterocycles. The van der Waals surface area contributed by atoms with Gasteiger partial charge in [-0.25, -0.2) is 39.5 Å². The highest BCUT2D eigenvalue weighted by Gasteiger charge is 2.43. The number of halogens is 12. The fraction of sp³-hybridized carbons (Fsp3) is 0.0370. The lowest BCUT2D eigenvalue weighted by Gasteiger charge is -2.20. The van der Waals surface area contributed by atoms with Gasteiger partial charge in [-0.15, -0.1) is 0 Å². The summed E-state index contributed by atoms with van der Waals surface area (Å²) in [4.78, 5) is 0. The normalized spacial score (nSPS) is 12.1. The summed E-state index contributed by atoms with van der Waals surface area (Å²) in [5.41, 5.74) is -7.67. The predicted molar refractivity (Wildman–Crippen MR) is 117 cm³/mol. The molecule has 0 radical (unpaired) electrons. The van der Waals surface area contributed by atoms with Crippen LogP contribution in [0, 0.1) is 52.4 Å². The van der Waals surface area contributed by atoms with Gasteiger partial charge in [0.2, 0.25) is 0 Å². The molecule has 12 heteroatoms. The molecule has 0 N–H and O–H groups in total. The van der Waals surface area contributed by atoms with E-state index >= 15 is 13.2 Å². The van der Waals surface area contributed by atoms with Crippen molar-refractivity contribution < 1.29 is 52.7 Å². The third-order valence-electron chi connectivity index (χ3n) is 6.16. The van der Waals surface area contributed by atoms with E-state index in [2.05, 4.69) is 0 Å². The van der Waals surface area contributed by atoms with Gasteiger partial charge in [0.25, 0.3) is 0 Å². The van der Waals surface area contributed by atoms with Crippen LogP contribution in [0.5, 0.6) is 0 Å². The Morgan fingerprint density at radius 3 is 1.38 bits per heavy atom.